The van der Waals surface area contributed by atoms with Crippen molar-refractivity contribution in [2.24, 2.45) is 5.92 Å². The summed E-state index contributed by atoms with van der Waals surface area (Å²) in [6.07, 6.45) is 6.28. The Balaban J connectivity index is 1.48. The molecule has 0 N–H and O–H groups in total. The quantitative estimate of drug-likeness (QED) is 0.614. The lowest BCUT2D eigenvalue weighted by Gasteiger charge is -2.11. The summed E-state index contributed by atoms with van der Waals surface area (Å²) in [5.41, 5.74) is 2.50. The average molecular weight is 392 g/mol. The molecule has 2 atom stereocenters. The molecule has 4 rings (SSSR count). The van der Waals surface area contributed by atoms with Crippen molar-refractivity contribution in [3.05, 3.63) is 64.7 Å². The van der Waals surface area contributed by atoms with Crippen LogP contribution in [-0.4, -0.2) is 33.2 Å². The highest BCUT2D eigenvalue weighted by Gasteiger charge is 2.40. The van der Waals surface area contributed by atoms with Crippen molar-refractivity contribution in [1.29, 1.82) is 0 Å². The van der Waals surface area contributed by atoms with E-state index in [2.05, 4.69) is 15.0 Å². The zero-order chi connectivity index (χ0) is 20.4. The summed E-state index contributed by atoms with van der Waals surface area (Å²) in [4.78, 5) is 25.4. The molecule has 0 bridgehead atoms. The van der Waals surface area contributed by atoms with Crippen molar-refractivity contribution in [3.8, 4) is 22.8 Å². The summed E-state index contributed by atoms with van der Waals surface area (Å²) in [5, 5.41) is 0. The van der Waals surface area contributed by atoms with Crippen molar-refractivity contribution in [3.63, 3.8) is 0 Å². The summed E-state index contributed by atoms with van der Waals surface area (Å²) < 4.78 is 12.9. The summed E-state index contributed by atoms with van der Waals surface area (Å²) in [6, 6.07) is 7.44. The van der Waals surface area contributed by atoms with Gasteiger partial charge in [0.05, 0.1) is 25.5 Å². The molecule has 29 heavy (non-hydrogen) atoms. The molecule has 3 aromatic rings. The maximum atomic E-state index is 12.2. The van der Waals surface area contributed by atoms with E-state index in [1.807, 2.05) is 32.0 Å². The van der Waals surface area contributed by atoms with E-state index >= 15 is 0 Å². The standard InChI is InChI=1S/C22H24N4O3/c1-4-26-8-7-15(10-21(26)27)19-12-23-14(2)25-22(19)29-13-16-9-18(16)20-6-5-17(28-3)11-24-20/h5-8,10-12,16,18H,4,9,13H2,1-3H3/t16-,18+/m1/s1. The SMILES string of the molecule is CCn1ccc(-c2cnc(C)nc2OC[C@H]2C[C@@H]2c2ccc(OC)cn2)cc1=O. The summed E-state index contributed by atoms with van der Waals surface area (Å²) >= 11 is 0. The van der Waals surface area contributed by atoms with Crippen LogP contribution >= 0.6 is 0 Å². The minimum Gasteiger partial charge on any atom is -0.495 e. The van der Waals surface area contributed by atoms with E-state index in [1.54, 1.807) is 36.3 Å². The number of rotatable bonds is 7. The molecule has 0 unspecified atom stereocenters. The van der Waals surface area contributed by atoms with E-state index in [4.69, 9.17) is 9.47 Å². The second-order valence-electron chi connectivity index (χ2n) is 7.21. The molecule has 1 aliphatic carbocycles. The molecule has 1 saturated carbocycles. The molecule has 0 radical (unpaired) electrons. The molecule has 7 heteroatoms. The van der Waals surface area contributed by atoms with Gasteiger partial charge in [-0.2, -0.15) is 4.98 Å². The lowest BCUT2D eigenvalue weighted by molar-refractivity contribution is 0.285. The van der Waals surface area contributed by atoms with Gasteiger partial charge in [-0.1, -0.05) is 0 Å². The maximum Gasteiger partial charge on any atom is 0.251 e. The first-order valence-corrected chi connectivity index (χ1v) is 9.76. The third-order valence-electron chi connectivity index (χ3n) is 5.25. The fourth-order valence-electron chi connectivity index (χ4n) is 3.41. The molecule has 3 aromatic heterocycles. The predicted octanol–water partition coefficient (Wildman–Crippen LogP) is 3.22. The van der Waals surface area contributed by atoms with Crippen molar-refractivity contribution in [1.82, 2.24) is 19.5 Å². The molecule has 7 nitrogen and oxygen atoms in total. The third-order valence-corrected chi connectivity index (χ3v) is 5.25. The van der Waals surface area contributed by atoms with Gasteiger partial charge in [0.2, 0.25) is 5.88 Å². The first-order valence-electron chi connectivity index (χ1n) is 9.76. The topological polar surface area (TPSA) is 79.1 Å². The van der Waals surface area contributed by atoms with Crippen molar-refractivity contribution < 1.29 is 9.47 Å². The van der Waals surface area contributed by atoms with Gasteiger partial charge in [0.25, 0.3) is 5.56 Å². The number of hydrogen-bond donors (Lipinski definition) is 0. The Hall–Kier alpha value is -3.22. The van der Waals surface area contributed by atoms with Gasteiger partial charge < -0.3 is 14.0 Å². The van der Waals surface area contributed by atoms with Crippen LogP contribution in [0.15, 0.2) is 47.7 Å². The van der Waals surface area contributed by atoms with Crippen LogP contribution in [-0.2, 0) is 6.54 Å². The molecule has 0 aliphatic heterocycles. The molecular weight excluding hydrogens is 368 g/mol. The summed E-state index contributed by atoms with van der Waals surface area (Å²) in [6.45, 7) is 4.95. The minimum atomic E-state index is -0.0515. The first kappa shape index (κ1) is 19.1. The summed E-state index contributed by atoms with van der Waals surface area (Å²) in [5.74, 6) is 2.69. The van der Waals surface area contributed by atoms with E-state index in [0.29, 0.717) is 36.7 Å². The Morgan fingerprint density at radius 2 is 2.07 bits per heavy atom. The Labute approximate surface area is 169 Å². The van der Waals surface area contributed by atoms with Crippen LogP contribution in [0, 0.1) is 12.8 Å². The van der Waals surface area contributed by atoms with Crippen molar-refractivity contribution >= 4 is 0 Å². The summed E-state index contributed by atoms with van der Waals surface area (Å²) in [7, 11) is 1.63. The largest absolute Gasteiger partial charge is 0.495 e. The Morgan fingerprint density at radius 1 is 1.21 bits per heavy atom. The van der Waals surface area contributed by atoms with Gasteiger partial charge in [0.1, 0.15) is 11.6 Å². The lowest BCUT2D eigenvalue weighted by atomic mass is 10.1. The minimum absolute atomic E-state index is 0.0515. The molecule has 0 spiro atoms. The van der Waals surface area contributed by atoms with Gasteiger partial charge >= 0.3 is 0 Å². The fourth-order valence-corrected chi connectivity index (χ4v) is 3.41. The number of pyridine rings is 2. The van der Waals surface area contributed by atoms with Gasteiger partial charge in [-0.05, 0) is 44.0 Å². The Kier molecular flexibility index (Phi) is 5.29. The predicted molar refractivity (Wildman–Crippen MR) is 109 cm³/mol. The van der Waals surface area contributed by atoms with Gasteiger partial charge in [-0.15, -0.1) is 0 Å². The molecule has 0 amide bonds. The van der Waals surface area contributed by atoms with Crippen LogP contribution in [0.2, 0.25) is 0 Å². The van der Waals surface area contributed by atoms with Crippen molar-refractivity contribution in [2.75, 3.05) is 13.7 Å². The first-order chi connectivity index (χ1) is 14.1. The van der Waals surface area contributed by atoms with Crippen LogP contribution in [0.1, 0.15) is 30.8 Å². The number of methoxy groups -OCH3 is 1. The van der Waals surface area contributed by atoms with Crippen LogP contribution in [0.3, 0.4) is 0 Å². The van der Waals surface area contributed by atoms with Crippen LogP contribution in [0.25, 0.3) is 11.1 Å². The van der Waals surface area contributed by atoms with E-state index < -0.39 is 0 Å². The normalized spacial score (nSPS) is 17.8. The number of hydrogen-bond acceptors (Lipinski definition) is 6. The second kappa shape index (κ2) is 8.03. The number of aryl methyl sites for hydroxylation is 2. The molecule has 3 heterocycles. The van der Waals surface area contributed by atoms with Gasteiger partial charge in [0.15, 0.2) is 0 Å². The lowest BCUT2D eigenvalue weighted by Crippen LogP contribution is -2.17. The fraction of sp³-hybridized carbons (Fsp3) is 0.364. The van der Waals surface area contributed by atoms with Crippen LogP contribution < -0.4 is 15.0 Å². The highest BCUT2D eigenvalue weighted by Crippen LogP contribution is 2.47. The number of nitrogens with zero attached hydrogens (tertiary/aromatic N) is 4. The maximum absolute atomic E-state index is 12.2. The smallest absolute Gasteiger partial charge is 0.251 e. The van der Waals surface area contributed by atoms with E-state index in [0.717, 1.165) is 29.0 Å². The van der Waals surface area contributed by atoms with E-state index in [1.165, 1.54) is 0 Å². The van der Waals surface area contributed by atoms with Gasteiger partial charge in [-0.3, -0.25) is 9.78 Å². The highest BCUT2D eigenvalue weighted by atomic mass is 16.5. The zero-order valence-corrected chi connectivity index (χ0v) is 16.8. The molecule has 1 fully saturated rings. The molecule has 1 aliphatic rings. The molecular formula is C22H24N4O3. The monoisotopic (exact) mass is 392 g/mol. The van der Waals surface area contributed by atoms with Crippen LogP contribution in [0.5, 0.6) is 11.6 Å². The second-order valence-corrected chi connectivity index (χ2v) is 7.21. The van der Waals surface area contributed by atoms with Gasteiger partial charge in [0, 0.05) is 42.5 Å². The zero-order valence-electron chi connectivity index (χ0n) is 16.8. The Morgan fingerprint density at radius 3 is 2.76 bits per heavy atom. The Bertz CT molecular complexity index is 1060. The average Bonchev–Trinajstić information content (AvgIpc) is 3.52. The van der Waals surface area contributed by atoms with Gasteiger partial charge in [-0.25, -0.2) is 4.98 Å². The van der Waals surface area contributed by atoms with Crippen molar-refractivity contribution in [2.45, 2.75) is 32.7 Å². The number of aromatic nitrogens is 4. The van der Waals surface area contributed by atoms with E-state index in [9.17, 15) is 4.79 Å². The molecule has 0 aromatic carbocycles. The van der Waals surface area contributed by atoms with E-state index in [-0.39, 0.29) is 5.56 Å². The third kappa shape index (κ3) is 4.13. The molecule has 0 saturated heterocycles. The highest BCUT2D eigenvalue weighted by molar-refractivity contribution is 5.67. The molecule has 150 valence electrons. The van der Waals surface area contributed by atoms with Crippen LogP contribution in [0.4, 0.5) is 0 Å². The number of ether oxygens (including phenoxy) is 2.